The molecule has 0 saturated carbocycles. The zero-order valence-corrected chi connectivity index (χ0v) is 12.8. The molecular formula is C14H8ClNO3S2. The lowest BCUT2D eigenvalue weighted by molar-refractivity contribution is -0.115. The Kier molecular flexibility index (Phi) is 4.10. The van der Waals surface area contributed by atoms with Crippen LogP contribution in [0, 0.1) is 0 Å². The van der Waals surface area contributed by atoms with Crippen LogP contribution in [0.3, 0.4) is 0 Å². The van der Waals surface area contributed by atoms with Gasteiger partial charge in [0.2, 0.25) is 0 Å². The number of benzene rings is 1. The highest BCUT2D eigenvalue weighted by molar-refractivity contribution is 8.18. The van der Waals surface area contributed by atoms with Gasteiger partial charge in [0.05, 0.1) is 4.91 Å². The molecule has 2 amide bonds. The van der Waals surface area contributed by atoms with Crippen LogP contribution in [0.15, 0.2) is 55.7 Å². The van der Waals surface area contributed by atoms with E-state index in [1.807, 2.05) is 18.2 Å². The summed E-state index contributed by atoms with van der Waals surface area (Å²) in [7, 11) is 0. The summed E-state index contributed by atoms with van der Waals surface area (Å²) in [5.74, 6) is 0.132. The van der Waals surface area contributed by atoms with E-state index in [2.05, 4.69) is 5.32 Å². The van der Waals surface area contributed by atoms with Crippen molar-refractivity contribution in [2.75, 3.05) is 0 Å². The van der Waals surface area contributed by atoms with Gasteiger partial charge in [0.1, 0.15) is 5.76 Å². The molecule has 0 atom stereocenters. The summed E-state index contributed by atoms with van der Waals surface area (Å²) < 4.78 is 5.61. The molecule has 1 N–H and O–H groups in total. The van der Waals surface area contributed by atoms with Gasteiger partial charge in [-0.25, -0.2) is 0 Å². The third-order valence-corrected chi connectivity index (χ3v) is 4.54. The fourth-order valence-electron chi connectivity index (χ4n) is 1.64. The summed E-state index contributed by atoms with van der Waals surface area (Å²) in [5.41, 5.74) is 0. The SMILES string of the molecule is O=C1NC(=O)C(=Cc2ccc(Sc3ccc(Cl)cc3)o2)S1. The number of halogens is 1. The second kappa shape index (κ2) is 6.01. The van der Waals surface area contributed by atoms with E-state index in [1.165, 1.54) is 11.8 Å². The van der Waals surface area contributed by atoms with E-state index >= 15 is 0 Å². The summed E-state index contributed by atoms with van der Waals surface area (Å²) >= 11 is 8.14. The lowest BCUT2D eigenvalue weighted by atomic mass is 10.4. The minimum Gasteiger partial charge on any atom is -0.450 e. The molecule has 1 aliphatic rings. The van der Waals surface area contributed by atoms with E-state index in [9.17, 15) is 9.59 Å². The normalized spacial score (nSPS) is 16.5. The molecule has 21 heavy (non-hydrogen) atoms. The van der Waals surface area contributed by atoms with Crippen LogP contribution < -0.4 is 5.32 Å². The van der Waals surface area contributed by atoms with Crippen LogP contribution in [0.1, 0.15) is 5.76 Å². The second-order valence-corrected chi connectivity index (χ2v) is 6.59. The highest BCUT2D eigenvalue weighted by Crippen LogP contribution is 2.32. The molecule has 2 heterocycles. The first-order valence-electron chi connectivity index (χ1n) is 5.88. The van der Waals surface area contributed by atoms with Gasteiger partial charge in [-0.3, -0.25) is 14.9 Å². The number of nitrogens with one attached hydrogen (secondary N) is 1. The number of rotatable bonds is 3. The Bertz CT molecular complexity index is 737. The smallest absolute Gasteiger partial charge is 0.290 e. The topological polar surface area (TPSA) is 59.3 Å². The van der Waals surface area contributed by atoms with Crippen LogP contribution >= 0.6 is 35.1 Å². The monoisotopic (exact) mass is 337 g/mol. The molecule has 1 aromatic heterocycles. The van der Waals surface area contributed by atoms with Gasteiger partial charge < -0.3 is 4.42 Å². The second-order valence-electron chi connectivity index (χ2n) is 4.07. The minimum absolute atomic E-state index is 0.331. The Labute approximate surface area is 133 Å². The third-order valence-electron chi connectivity index (χ3n) is 2.55. The van der Waals surface area contributed by atoms with Crippen LogP contribution in [-0.4, -0.2) is 11.1 Å². The maximum absolute atomic E-state index is 11.4. The van der Waals surface area contributed by atoms with Gasteiger partial charge in [0.25, 0.3) is 11.1 Å². The first-order chi connectivity index (χ1) is 10.1. The standard InChI is InChI=1S/C14H8ClNO3S2/c15-8-1-4-10(5-2-8)20-12-6-3-9(19-12)7-11-13(17)16-14(18)21-11/h1-7H,(H,16,17,18). The van der Waals surface area contributed by atoms with Crippen LogP contribution in [0.4, 0.5) is 4.79 Å². The molecule has 4 nitrogen and oxygen atoms in total. The molecule has 1 aliphatic heterocycles. The molecule has 1 saturated heterocycles. The van der Waals surface area contributed by atoms with Crippen molar-refractivity contribution < 1.29 is 14.0 Å². The number of imide groups is 1. The number of furan rings is 1. The highest BCUT2D eigenvalue weighted by Gasteiger charge is 2.25. The maximum atomic E-state index is 11.4. The van der Waals surface area contributed by atoms with Crippen molar-refractivity contribution in [3.8, 4) is 0 Å². The van der Waals surface area contributed by atoms with E-state index in [-0.39, 0.29) is 5.24 Å². The summed E-state index contributed by atoms with van der Waals surface area (Å²) in [6.07, 6.45) is 1.55. The van der Waals surface area contributed by atoms with Crippen LogP contribution in [0.25, 0.3) is 6.08 Å². The number of hydrogen-bond donors (Lipinski definition) is 1. The number of carbonyl (C=O) groups excluding carboxylic acids is 2. The molecule has 0 radical (unpaired) electrons. The molecule has 2 aromatic rings. The van der Waals surface area contributed by atoms with E-state index in [0.717, 1.165) is 16.7 Å². The van der Waals surface area contributed by atoms with Gasteiger partial charge in [-0.15, -0.1) is 0 Å². The molecule has 0 spiro atoms. The molecule has 0 bridgehead atoms. The summed E-state index contributed by atoms with van der Waals surface area (Å²) in [6.45, 7) is 0. The van der Waals surface area contributed by atoms with E-state index < -0.39 is 5.91 Å². The van der Waals surface area contributed by atoms with Crippen molar-refractivity contribution in [3.63, 3.8) is 0 Å². The Hall–Kier alpha value is -1.63. The molecular weight excluding hydrogens is 330 g/mol. The van der Waals surface area contributed by atoms with Crippen LogP contribution in [-0.2, 0) is 4.79 Å². The first-order valence-corrected chi connectivity index (χ1v) is 7.89. The number of amides is 2. The number of thioether (sulfide) groups is 1. The molecule has 7 heteroatoms. The Morgan fingerprint density at radius 1 is 1.14 bits per heavy atom. The summed E-state index contributed by atoms with van der Waals surface area (Å²) in [4.78, 5) is 23.8. The fourth-order valence-corrected chi connectivity index (χ4v) is 3.20. The molecule has 1 aromatic carbocycles. The molecule has 0 unspecified atom stereocenters. The van der Waals surface area contributed by atoms with E-state index in [0.29, 0.717) is 20.8 Å². The van der Waals surface area contributed by atoms with Gasteiger partial charge in [0, 0.05) is 16.0 Å². The summed E-state index contributed by atoms with van der Waals surface area (Å²) in [6, 6.07) is 11.0. The van der Waals surface area contributed by atoms with Crippen LogP contribution in [0.2, 0.25) is 5.02 Å². The van der Waals surface area contributed by atoms with Crippen molar-refractivity contribution in [2.45, 2.75) is 9.99 Å². The zero-order valence-electron chi connectivity index (χ0n) is 10.5. The number of hydrogen-bond acceptors (Lipinski definition) is 5. The van der Waals surface area contributed by atoms with Gasteiger partial charge >= 0.3 is 0 Å². The van der Waals surface area contributed by atoms with Crippen molar-refractivity contribution in [3.05, 3.63) is 52.1 Å². The Balaban J connectivity index is 1.74. The van der Waals surface area contributed by atoms with Crippen LogP contribution in [0.5, 0.6) is 0 Å². The van der Waals surface area contributed by atoms with Gasteiger partial charge in [-0.2, -0.15) is 0 Å². The lowest BCUT2D eigenvalue weighted by Crippen LogP contribution is -2.17. The van der Waals surface area contributed by atoms with Gasteiger partial charge in [0.15, 0.2) is 5.09 Å². The molecule has 1 fully saturated rings. The van der Waals surface area contributed by atoms with Gasteiger partial charge in [-0.1, -0.05) is 23.4 Å². The minimum atomic E-state index is -0.395. The first kappa shape index (κ1) is 14.3. The van der Waals surface area contributed by atoms with Crippen molar-refractivity contribution in [1.82, 2.24) is 5.32 Å². The fraction of sp³-hybridized carbons (Fsp3) is 0. The largest absolute Gasteiger partial charge is 0.450 e. The van der Waals surface area contributed by atoms with E-state index in [1.54, 1.807) is 24.3 Å². The third kappa shape index (κ3) is 3.53. The average molecular weight is 338 g/mol. The highest BCUT2D eigenvalue weighted by atomic mass is 35.5. The number of carbonyl (C=O) groups is 2. The van der Waals surface area contributed by atoms with Crippen molar-refractivity contribution in [2.24, 2.45) is 0 Å². The predicted octanol–water partition coefficient (Wildman–Crippen LogP) is 4.41. The predicted molar refractivity (Wildman–Crippen MR) is 83.4 cm³/mol. The average Bonchev–Trinajstić information content (AvgIpc) is 3.00. The maximum Gasteiger partial charge on any atom is 0.290 e. The van der Waals surface area contributed by atoms with Crippen molar-refractivity contribution in [1.29, 1.82) is 0 Å². The molecule has 3 rings (SSSR count). The van der Waals surface area contributed by atoms with Gasteiger partial charge in [-0.05, 0) is 48.2 Å². The van der Waals surface area contributed by atoms with Crippen molar-refractivity contribution >= 4 is 52.3 Å². The quantitative estimate of drug-likeness (QED) is 0.841. The zero-order chi connectivity index (χ0) is 14.8. The van der Waals surface area contributed by atoms with E-state index in [4.69, 9.17) is 16.0 Å². The Morgan fingerprint density at radius 3 is 2.57 bits per heavy atom. The summed E-state index contributed by atoms with van der Waals surface area (Å²) in [5, 5.41) is 3.20. The molecule has 106 valence electrons. The Morgan fingerprint density at radius 2 is 1.90 bits per heavy atom. The molecule has 0 aliphatic carbocycles. The lowest BCUT2D eigenvalue weighted by Gasteiger charge is -1.97.